The van der Waals surface area contributed by atoms with Gasteiger partial charge in [0.05, 0.1) is 6.04 Å². The van der Waals surface area contributed by atoms with Gasteiger partial charge in [0.2, 0.25) is 0 Å². The van der Waals surface area contributed by atoms with Gasteiger partial charge in [-0.3, -0.25) is 0 Å². The minimum Gasteiger partial charge on any atom is -0.360 e. The Hall–Kier alpha value is -1.09. The van der Waals surface area contributed by atoms with E-state index in [0.717, 1.165) is 5.11 Å². The van der Waals surface area contributed by atoms with Crippen molar-refractivity contribution in [1.82, 2.24) is 10.6 Å². The lowest BCUT2D eigenvalue weighted by atomic mass is 9.92. The van der Waals surface area contributed by atoms with Gasteiger partial charge in [-0.05, 0) is 54.4 Å². The molecular formula is C18H28N2S. The van der Waals surface area contributed by atoms with Crippen LogP contribution in [0.25, 0.3) is 0 Å². The van der Waals surface area contributed by atoms with Crippen LogP contribution in [-0.4, -0.2) is 11.2 Å². The fourth-order valence-corrected chi connectivity index (χ4v) is 2.79. The van der Waals surface area contributed by atoms with Gasteiger partial charge >= 0.3 is 0 Å². The van der Waals surface area contributed by atoms with Crippen LogP contribution in [0, 0.1) is 5.92 Å². The van der Waals surface area contributed by atoms with Crippen molar-refractivity contribution in [2.75, 3.05) is 0 Å². The Morgan fingerprint density at radius 3 is 2.19 bits per heavy atom. The van der Waals surface area contributed by atoms with Crippen molar-refractivity contribution in [3.05, 3.63) is 35.4 Å². The summed E-state index contributed by atoms with van der Waals surface area (Å²) in [5.74, 6) is 1.13. The van der Waals surface area contributed by atoms with Crippen LogP contribution in [0.5, 0.6) is 0 Å². The number of rotatable bonds is 6. The van der Waals surface area contributed by atoms with Crippen molar-refractivity contribution in [3.63, 3.8) is 0 Å². The number of thiocarbonyl (C=S) groups is 1. The Morgan fingerprint density at radius 2 is 1.71 bits per heavy atom. The fourth-order valence-electron chi connectivity index (χ4n) is 2.50. The normalized spacial score (nSPS) is 17.4. The van der Waals surface area contributed by atoms with Crippen LogP contribution in [0.15, 0.2) is 24.3 Å². The lowest BCUT2D eigenvalue weighted by Crippen LogP contribution is -2.40. The maximum absolute atomic E-state index is 5.43. The Kier molecular flexibility index (Phi) is 5.63. The summed E-state index contributed by atoms with van der Waals surface area (Å²) in [5.41, 5.74) is 2.74. The van der Waals surface area contributed by atoms with Crippen LogP contribution < -0.4 is 10.6 Å². The van der Waals surface area contributed by atoms with Gasteiger partial charge in [-0.1, -0.05) is 52.0 Å². The minimum absolute atomic E-state index is 0.273. The van der Waals surface area contributed by atoms with Gasteiger partial charge in [-0.2, -0.15) is 0 Å². The van der Waals surface area contributed by atoms with Gasteiger partial charge in [0.1, 0.15) is 0 Å². The second-order valence-corrected chi connectivity index (χ2v) is 7.00. The third kappa shape index (κ3) is 4.70. The van der Waals surface area contributed by atoms with E-state index in [0.29, 0.717) is 17.9 Å². The average molecular weight is 305 g/mol. The highest BCUT2D eigenvalue weighted by atomic mass is 32.1. The molecule has 0 aromatic heterocycles. The fraction of sp³-hybridized carbons (Fsp3) is 0.611. The first-order chi connectivity index (χ1) is 10.0. The summed E-state index contributed by atoms with van der Waals surface area (Å²) in [6, 6.07) is 9.90. The zero-order valence-corrected chi connectivity index (χ0v) is 14.5. The molecule has 3 heteroatoms. The highest BCUT2D eigenvalue weighted by Crippen LogP contribution is 2.25. The lowest BCUT2D eigenvalue weighted by molar-refractivity contribution is 0.468. The molecule has 116 valence electrons. The van der Waals surface area contributed by atoms with Crippen molar-refractivity contribution in [1.29, 1.82) is 0 Å². The monoisotopic (exact) mass is 304 g/mol. The molecule has 1 saturated carbocycles. The zero-order chi connectivity index (χ0) is 15.4. The summed E-state index contributed by atoms with van der Waals surface area (Å²) in [7, 11) is 0. The highest BCUT2D eigenvalue weighted by molar-refractivity contribution is 7.80. The quantitative estimate of drug-likeness (QED) is 0.755. The van der Waals surface area contributed by atoms with Gasteiger partial charge in [0.15, 0.2) is 5.11 Å². The van der Waals surface area contributed by atoms with Crippen molar-refractivity contribution in [2.24, 2.45) is 5.92 Å². The number of benzene rings is 1. The van der Waals surface area contributed by atoms with Crippen molar-refractivity contribution >= 4 is 17.3 Å². The van der Waals surface area contributed by atoms with E-state index in [2.05, 4.69) is 62.6 Å². The van der Waals surface area contributed by atoms with Crippen LogP contribution in [0.1, 0.15) is 70.0 Å². The van der Waals surface area contributed by atoms with Gasteiger partial charge < -0.3 is 10.6 Å². The maximum Gasteiger partial charge on any atom is 0.167 e. The molecule has 0 bridgehead atoms. The molecule has 21 heavy (non-hydrogen) atoms. The van der Waals surface area contributed by atoms with Crippen molar-refractivity contribution in [2.45, 2.75) is 65.0 Å². The standard InChI is InChI=1S/C18H28N2S/c1-5-13(4)14-6-8-15(9-7-14)17(12(2)3)20-18(21)19-16-10-11-16/h6-9,12-13,16-17H,5,10-11H2,1-4H3,(H2,19,20,21)/t13-,17+/m1/s1. The topological polar surface area (TPSA) is 24.1 Å². The molecule has 0 amide bonds. The Balaban J connectivity index is 2.04. The summed E-state index contributed by atoms with van der Waals surface area (Å²) < 4.78 is 0. The zero-order valence-electron chi connectivity index (χ0n) is 13.6. The number of hydrogen-bond donors (Lipinski definition) is 2. The molecule has 0 unspecified atom stereocenters. The minimum atomic E-state index is 0.273. The summed E-state index contributed by atoms with van der Waals surface area (Å²) >= 11 is 5.43. The third-order valence-electron chi connectivity index (χ3n) is 4.34. The maximum atomic E-state index is 5.43. The molecule has 2 N–H and O–H groups in total. The molecule has 1 aliphatic rings. The van der Waals surface area contributed by atoms with Gasteiger partial charge in [0.25, 0.3) is 0 Å². The first-order valence-corrected chi connectivity index (χ1v) is 8.59. The molecule has 0 radical (unpaired) electrons. The Labute approximate surface area is 134 Å². The molecule has 1 aliphatic carbocycles. The predicted molar refractivity (Wildman–Crippen MR) is 94.6 cm³/mol. The van der Waals surface area contributed by atoms with Crippen LogP contribution in [0.2, 0.25) is 0 Å². The SMILES string of the molecule is CC[C@@H](C)c1ccc([C@@H](NC(=S)NC2CC2)C(C)C)cc1. The molecule has 2 nitrogen and oxygen atoms in total. The van der Waals surface area contributed by atoms with E-state index >= 15 is 0 Å². The summed E-state index contributed by atoms with van der Waals surface area (Å²) in [5, 5.41) is 7.65. The predicted octanol–water partition coefficient (Wildman–Crippen LogP) is 4.52. The first-order valence-electron chi connectivity index (χ1n) is 8.18. The molecule has 1 aromatic carbocycles. The largest absolute Gasteiger partial charge is 0.360 e. The van der Waals surface area contributed by atoms with Gasteiger partial charge in [0, 0.05) is 6.04 Å². The van der Waals surface area contributed by atoms with E-state index in [-0.39, 0.29) is 6.04 Å². The molecule has 1 aromatic rings. The smallest absolute Gasteiger partial charge is 0.167 e. The number of hydrogen-bond acceptors (Lipinski definition) is 1. The summed E-state index contributed by atoms with van der Waals surface area (Å²) in [6.45, 7) is 8.99. The Morgan fingerprint density at radius 1 is 1.14 bits per heavy atom. The molecule has 2 rings (SSSR count). The van der Waals surface area contributed by atoms with Crippen LogP contribution in [-0.2, 0) is 0 Å². The van der Waals surface area contributed by atoms with Crippen molar-refractivity contribution < 1.29 is 0 Å². The second kappa shape index (κ2) is 7.26. The highest BCUT2D eigenvalue weighted by Gasteiger charge is 2.24. The van der Waals surface area contributed by atoms with E-state index in [4.69, 9.17) is 12.2 Å². The van der Waals surface area contributed by atoms with E-state index in [1.165, 1.54) is 30.4 Å². The average Bonchev–Trinajstić information content (AvgIpc) is 3.27. The molecule has 0 saturated heterocycles. The van der Waals surface area contributed by atoms with Gasteiger partial charge in [-0.25, -0.2) is 0 Å². The van der Waals surface area contributed by atoms with E-state index < -0.39 is 0 Å². The molecular weight excluding hydrogens is 276 g/mol. The van der Waals surface area contributed by atoms with Crippen molar-refractivity contribution in [3.8, 4) is 0 Å². The van der Waals surface area contributed by atoms with Crippen LogP contribution in [0.3, 0.4) is 0 Å². The van der Waals surface area contributed by atoms with E-state index in [9.17, 15) is 0 Å². The van der Waals surface area contributed by atoms with Gasteiger partial charge in [-0.15, -0.1) is 0 Å². The molecule has 0 heterocycles. The lowest BCUT2D eigenvalue weighted by Gasteiger charge is -2.25. The molecule has 0 aliphatic heterocycles. The second-order valence-electron chi connectivity index (χ2n) is 6.59. The molecule has 2 atom stereocenters. The van der Waals surface area contributed by atoms with E-state index in [1.54, 1.807) is 0 Å². The van der Waals surface area contributed by atoms with E-state index in [1.807, 2.05) is 0 Å². The van der Waals surface area contributed by atoms with Crippen LogP contribution in [0.4, 0.5) is 0 Å². The molecule has 0 spiro atoms. The van der Waals surface area contributed by atoms with Crippen LogP contribution >= 0.6 is 12.2 Å². The summed E-state index contributed by atoms with van der Waals surface area (Å²) in [4.78, 5) is 0. The Bertz CT molecular complexity index is 463. The molecule has 1 fully saturated rings. The number of nitrogens with one attached hydrogen (secondary N) is 2. The third-order valence-corrected chi connectivity index (χ3v) is 4.58. The first kappa shape index (κ1) is 16.3. The summed E-state index contributed by atoms with van der Waals surface area (Å²) in [6.07, 6.45) is 3.68.